The molecule has 128 valence electrons. The Labute approximate surface area is 145 Å². The number of rotatable bonds is 7. The molecule has 1 aliphatic heterocycles. The number of nitrogens with zero attached hydrogens (tertiary/aromatic N) is 1. The lowest BCUT2D eigenvalue weighted by molar-refractivity contribution is -0.150. The van der Waals surface area contributed by atoms with Gasteiger partial charge in [-0.25, -0.2) is 0 Å². The van der Waals surface area contributed by atoms with Crippen LogP contribution in [-0.2, 0) is 9.53 Å². The number of halogens is 1. The maximum absolute atomic E-state index is 11.8. The Balaban J connectivity index is 1.77. The second kappa shape index (κ2) is 9.25. The first-order valence-corrected chi connectivity index (χ1v) is 8.83. The molecule has 6 heteroatoms. The van der Waals surface area contributed by atoms with Gasteiger partial charge in [0.15, 0.2) is 0 Å². The van der Waals surface area contributed by atoms with Crippen LogP contribution in [0, 0.1) is 5.92 Å². The lowest BCUT2D eigenvalue weighted by Crippen LogP contribution is -2.44. The normalized spacial score (nSPS) is 20.0. The summed E-state index contributed by atoms with van der Waals surface area (Å²) in [6.07, 6.45) is 1.21. The zero-order valence-electron chi connectivity index (χ0n) is 13.4. The molecular weight excluding hydrogens is 362 g/mol. The largest absolute Gasteiger partial charge is 0.490 e. The van der Waals surface area contributed by atoms with Crippen molar-refractivity contribution in [2.45, 2.75) is 25.9 Å². The van der Waals surface area contributed by atoms with Crippen LogP contribution in [0.2, 0.25) is 0 Å². The van der Waals surface area contributed by atoms with Gasteiger partial charge < -0.3 is 14.6 Å². The number of benzene rings is 1. The van der Waals surface area contributed by atoms with Gasteiger partial charge in [-0.3, -0.25) is 9.69 Å². The minimum atomic E-state index is -0.594. The van der Waals surface area contributed by atoms with Crippen LogP contribution >= 0.6 is 15.9 Å². The Morgan fingerprint density at radius 2 is 2.26 bits per heavy atom. The van der Waals surface area contributed by atoms with Crippen molar-refractivity contribution in [2.75, 3.05) is 32.8 Å². The molecule has 2 rings (SSSR count). The van der Waals surface area contributed by atoms with E-state index in [1.54, 1.807) is 0 Å². The number of hydrogen-bond donors (Lipinski definition) is 1. The fourth-order valence-corrected chi connectivity index (χ4v) is 3.17. The molecule has 0 saturated carbocycles. The number of hydrogen-bond acceptors (Lipinski definition) is 5. The van der Waals surface area contributed by atoms with Crippen LogP contribution in [0.3, 0.4) is 0 Å². The average molecular weight is 386 g/mol. The summed E-state index contributed by atoms with van der Waals surface area (Å²) in [7, 11) is 0. The Morgan fingerprint density at radius 3 is 3.00 bits per heavy atom. The second-order valence-electron chi connectivity index (χ2n) is 5.75. The number of likely N-dealkylation sites (tertiary alicyclic amines) is 1. The van der Waals surface area contributed by atoms with Crippen molar-refractivity contribution in [1.29, 1.82) is 0 Å². The Bertz CT molecular complexity index is 511. The summed E-state index contributed by atoms with van der Waals surface area (Å²) < 4.78 is 11.6. The number of esters is 1. The molecule has 0 radical (unpaired) electrons. The quantitative estimate of drug-likeness (QED) is 0.730. The number of aliphatic hydroxyl groups excluding tert-OH is 1. The predicted molar refractivity (Wildman–Crippen MR) is 91.4 cm³/mol. The minimum absolute atomic E-state index is 0.0833. The van der Waals surface area contributed by atoms with Crippen LogP contribution in [0.5, 0.6) is 5.75 Å². The molecule has 0 aliphatic carbocycles. The fraction of sp³-hybridized carbons (Fsp3) is 0.588. The summed E-state index contributed by atoms with van der Waals surface area (Å²) in [6, 6.07) is 7.56. The molecule has 1 aliphatic rings. The summed E-state index contributed by atoms with van der Waals surface area (Å²) in [6.45, 7) is 4.50. The monoisotopic (exact) mass is 385 g/mol. The van der Waals surface area contributed by atoms with Crippen molar-refractivity contribution in [3.63, 3.8) is 0 Å². The van der Waals surface area contributed by atoms with Crippen molar-refractivity contribution < 1.29 is 19.4 Å². The molecule has 5 nitrogen and oxygen atoms in total. The van der Waals surface area contributed by atoms with Crippen LogP contribution in [0.4, 0.5) is 0 Å². The SMILES string of the molecule is CCOC(=O)[C@H]1CCCN(C[C@@H](O)COc2ccccc2Br)C1. The molecule has 2 atom stereocenters. The number of ether oxygens (including phenoxy) is 2. The first-order chi connectivity index (χ1) is 11.1. The van der Waals surface area contributed by atoms with Crippen molar-refractivity contribution in [1.82, 2.24) is 4.90 Å². The first-order valence-electron chi connectivity index (χ1n) is 8.04. The lowest BCUT2D eigenvalue weighted by atomic mass is 9.98. The lowest BCUT2D eigenvalue weighted by Gasteiger charge is -2.32. The van der Waals surface area contributed by atoms with Crippen molar-refractivity contribution in [3.8, 4) is 5.75 Å². The Kier molecular flexibility index (Phi) is 7.33. The molecule has 0 aromatic heterocycles. The number of carbonyl (C=O) groups excluding carboxylic acids is 1. The van der Waals surface area contributed by atoms with Gasteiger partial charge in [-0.15, -0.1) is 0 Å². The van der Waals surface area contributed by atoms with Gasteiger partial charge in [-0.05, 0) is 54.4 Å². The van der Waals surface area contributed by atoms with Gasteiger partial charge in [0.05, 0.1) is 17.0 Å². The van der Waals surface area contributed by atoms with Crippen LogP contribution in [0.15, 0.2) is 28.7 Å². The summed E-state index contributed by atoms with van der Waals surface area (Å²) >= 11 is 3.41. The summed E-state index contributed by atoms with van der Waals surface area (Å²) in [5, 5.41) is 10.2. The van der Waals surface area contributed by atoms with E-state index in [2.05, 4.69) is 20.8 Å². The highest BCUT2D eigenvalue weighted by Gasteiger charge is 2.27. The Hall–Kier alpha value is -1.11. The third kappa shape index (κ3) is 5.79. The molecule has 1 aromatic rings. The van der Waals surface area contributed by atoms with E-state index in [4.69, 9.17) is 9.47 Å². The molecule has 1 N–H and O–H groups in total. The van der Waals surface area contributed by atoms with E-state index in [-0.39, 0.29) is 18.5 Å². The van der Waals surface area contributed by atoms with Gasteiger partial charge >= 0.3 is 5.97 Å². The molecule has 1 fully saturated rings. The summed E-state index contributed by atoms with van der Waals surface area (Å²) in [4.78, 5) is 13.9. The second-order valence-corrected chi connectivity index (χ2v) is 6.60. The molecule has 23 heavy (non-hydrogen) atoms. The molecule has 0 spiro atoms. The number of β-amino-alcohol motifs (C(OH)–C–C–N with tert-alkyl or cyclic N) is 1. The summed E-state index contributed by atoms with van der Waals surface area (Å²) in [5.41, 5.74) is 0. The number of piperidine rings is 1. The van der Waals surface area contributed by atoms with E-state index in [9.17, 15) is 9.90 Å². The molecule has 1 saturated heterocycles. The molecule has 0 bridgehead atoms. The third-order valence-electron chi connectivity index (χ3n) is 3.86. The standard InChI is InChI=1S/C17H24BrNO4/c1-2-22-17(21)13-6-5-9-19(10-13)11-14(20)12-23-16-8-4-3-7-15(16)18/h3-4,7-8,13-14,20H,2,5-6,9-12H2,1H3/t13-,14+/m0/s1. The fourth-order valence-electron chi connectivity index (χ4n) is 2.77. The molecule has 1 heterocycles. The maximum atomic E-state index is 11.8. The minimum Gasteiger partial charge on any atom is -0.490 e. The van der Waals surface area contributed by atoms with E-state index in [1.165, 1.54) is 0 Å². The molecule has 1 aromatic carbocycles. The highest BCUT2D eigenvalue weighted by Crippen LogP contribution is 2.24. The smallest absolute Gasteiger partial charge is 0.310 e. The van der Waals surface area contributed by atoms with Gasteiger partial charge in [0.2, 0.25) is 0 Å². The number of aliphatic hydroxyl groups is 1. The van der Waals surface area contributed by atoms with Gasteiger partial charge in [0.25, 0.3) is 0 Å². The van der Waals surface area contributed by atoms with Gasteiger partial charge in [-0.1, -0.05) is 12.1 Å². The average Bonchev–Trinajstić information content (AvgIpc) is 2.54. The van der Waals surface area contributed by atoms with Crippen molar-refractivity contribution in [2.24, 2.45) is 5.92 Å². The number of carbonyl (C=O) groups is 1. The van der Waals surface area contributed by atoms with E-state index >= 15 is 0 Å². The summed E-state index contributed by atoms with van der Waals surface area (Å²) in [5.74, 6) is 0.505. The van der Waals surface area contributed by atoms with E-state index in [1.807, 2.05) is 31.2 Å². The van der Waals surface area contributed by atoms with Gasteiger partial charge in [0, 0.05) is 13.1 Å². The molecule has 0 unspecified atom stereocenters. The van der Waals surface area contributed by atoms with Crippen LogP contribution in [0.1, 0.15) is 19.8 Å². The maximum Gasteiger partial charge on any atom is 0.310 e. The van der Waals surface area contributed by atoms with Crippen molar-refractivity contribution in [3.05, 3.63) is 28.7 Å². The van der Waals surface area contributed by atoms with E-state index < -0.39 is 6.10 Å². The van der Waals surface area contributed by atoms with Crippen LogP contribution in [-0.4, -0.2) is 54.9 Å². The van der Waals surface area contributed by atoms with Gasteiger partial charge in [-0.2, -0.15) is 0 Å². The highest BCUT2D eigenvalue weighted by atomic mass is 79.9. The molecular formula is C17H24BrNO4. The van der Waals surface area contributed by atoms with Crippen LogP contribution < -0.4 is 4.74 Å². The zero-order valence-corrected chi connectivity index (χ0v) is 15.0. The topological polar surface area (TPSA) is 59.0 Å². The number of para-hydroxylation sites is 1. The van der Waals surface area contributed by atoms with Crippen molar-refractivity contribution >= 4 is 21.9 Å². The highest BCUT2D eigenvalue weighted by molar-refractivity contribution is 9.10. The van der Waals surface area contributed by atoms with E-state index in [0.29, 0.717) is 19.7 Å². The zero-order chi connectivity index (χ0) is 16.7. The van der Waals surface area contributed by atoms with E-state index in [0.717, 1.165) is 29.6 Å². The third-order valence-corrected chi connectivity index (χ3v) is 4.52. The first kappa shape index (κ1) is 18.2. The predicted octanol–water partition coefficient (Wildman–Crippen LogP) is 2.46. The van der Waals surface area contributed by atoms with Gasteiger partial charge in [0.1, 0.15) is 18.5 Å². The molecule has 0 amide bonds. The van der Waals surface area contributed by atoms with Crippen LogP contribution in [0.25, 0.3) is 0 Å². The Morgan fingerprint density at radius 1 is 1.48 bits per heavy atom.